The summed E-state index contributed by atoms with van der Waals surface area (Å²) in [6, 6.07) is 14.1. The van der Waals surface area contributed by atoms with Crippen LogP contribution in [0.3, 0.4) is 0 Å². The van der Waals surface area contributed by atoms with Crippen molar-refractivity contribution in [3.63, 3.8) is 0 Å². The topological polar surface area (TPSA) is 89.2 Å². The summed E-state index contributed by atoms with van der Waals surface area (Å²) in [5.74, 6) is 0. The number of nitrogens with zero attached hydrogens (tertiary/aromatic N) is 3. The van der Waals surface area contributed by atoms with Crippen LogP contribution in [0.1, 0.15) is 12.5 Å². The van der Waals surface area contributed by atoms with Crippen molar-refractivity contribution in [2.24, 2.45) is 0 Å². The molecule has 2 N–H and O–H groups in total. The van der Waals surface area contributed by atoms with Crippen LogP contribution in [0, 0.1) is 0 Å². The van der Waals surface area contributed by atoms with E-state index in [1.54, 1.807) is 30.3 Å². The highest BCUT2D eigenvalue weighted by atomic mass is 32.2. The second-order valence-electron chi connectivity index (χ2n) is 5.96. The lowest BCUT2D eigenvalue weighted by Crippen LogP contribution is -2.35. The summed E-state index contributed by atoms with van der Waals surface area (Å²) in [6.45, 7) is 1.92. The summed E-state index contributed by atoms with van der Waals surface area (Å²) < 4.78 is 27.6. The summed E-state index contributed by atoms with van der Waals surface area (Å²) >= 11 is 1.31. The highest BCUT2D eigenvalue weighted by Crippen LogP contribution is 2.39. The lowest BCUT2D eigenvalue weighted by atomic mass is 10.1. The van der Waals surface area contributed by atoms with Gasteiger partial charge in [-0.3, -0.25) is 4.31 Å². The van der Waals surface area contributed by atoms with E-state index in [-0.39, 0.29) is 6.04 Å². The maximum Gasteiger partial charge on any atom is 0.264 e. The fraction of sp³-hybridized carbons (Fsp3) is 0.176. The molecule has 128 valence electrons. The van der Waals surface area contributed by atoms with Gasteiger partial charge in [-0.15, -0.1) is 10.2 Å². The average molecular weight is 372 g/mol. The molecule has 0 spiro atoms. The van der Waals surface area contributed by atoms with Crippen molar-refractivity contribution < 1.29 is 8.42 Å². The van der Waals surface area contributed by atoms with Gasteiger partial charge in [0.05, 0.1) is 10.6 Å². The van der Waals surface area contributed by atoms with E-state index >= 15 is 0 Å². The Morgan fingerprint density at radius 1 is 1.16 bits per heavy atom. The minimum absolute atomic E-state index is 0.144. The highest BCUT2D eigenvalue weighted by Gasteiger charge is 2.36. The van der Waals surface area contributed by atoms with Crippen LogP contribution in [0.15, 0.2) is 53.4 Å². The lowest BCUT2D eigenvalue weighted by Gasteiger charge is -2.24. The molecule has 0 saturated heterocycles. The van der Waals surface area contributed by atoms with Gasteiger partial charge >= 0.3 is 0 Å². The number of sulfonamides is 1. The number of hydrogen-bond acceptors (Lipinski definition) is 6. The summed E-state index contributed by atoms with van der Waals surface area (Å²) in [5.41, 5.74) is 8.26. The second kappa shape index (κ2) is 5.82. The number of hydrogen-bond donors (Lipinski definition) is 1. The molecular weight excluding hydrogens is 356 g/mol. The number of benzene rings is 2. The van der Waals surface area contributed by atoms with E-state index in [2.05, 4.69) is 10.2 Å². The van der Waals surface area contributed by atoms with Gasteiger partial charge in [0.15, 0.2) is 0 Å². The standard InChI is InChI=1S/C17H16N4O2S2/c1-11-9-13-10-12(16-19-20-17(18)24-16)7-8-15(13)21(11)25(22,23)14-5-3-2-4-6-14/h2-8,10-11H,9H2,1H3,(H2,18,20). The van der Waals surface area contributed by atoms with E-state index in [4.69, 9.17) is 5.73 Å². The predicted molar refractivity (Wildman–Crippen MR) is 99.0 cm³/mol. The van der Waals surface area contributed by atoms with E-state index in [0.717, 1.165) is 21.8 Å². The summed E-state index contributed by atoms with van der Waals surface area (Å²) in [7, 11) is -3.59. The van der Waals surface area contributed by atoms with Gasteiger partial charge in [0.2, 0.25) is 5.13 Å². The summed E-state index contributed by atoms with van der Waals surface area (Å²) in [6.07, 6.45) is 0.656. The highest BCUT2D eigenvalue weighted by molar-refractivity contribution is 7.92. The van der Waals surface area contributed by atoms with Crippen LogP contribution in [0.25, 0.3) is 10.6 Å². The third-order valence-corrected chi connectivity index (χ3v) is 6.96. The Bertz CT molecular complexity index is 1030. The van der Waals surface area contributed by atoms with Gasteiger partial charge in [-0.2, -0.15) is 0 Å². The zero-order valence-electron chi connectivity index (χ0n) is 13.5. The van der Waals surface area contributed by atoms with E-state index < -0.39 is 10.0 Å². The molecule has 1 atom stereocenters. The Morgan fingerprint density at radius 2 is 1.92 bits per heavy atom. The number of rotatable bonds is 3. The SMILES string of the molecule is CC1Cc2cc(-c3nnc(N)s3)ccc2N1S(=O)(=O)c1ccccc1. The van der Waals surface area contributed by atoms with Crippen molar-refractivity contribution in [1.29, 1.82) is 0 Å². The first-order valence-electron chi connectivity index (χ1n) is 7.78. The number of fused-ring (bicyclic) bond motifs is 1. The van der Waals surface area contributed by atoms with Gasteiger partial charge in [0.1, 0.15) is 5.01 Å². The quantitative estimate of drug-likeness (QED) is 0.763. The second-order valence-corrected chi connectivity index (χ2v) is 8.78. The molecule has 4 rings (SSSR count). The molecule has 0 fully saturated rings. The van der Waals surface area contributed by atoms with Gasteiger partial charge < -0.3 is 5.73 Å². The number of nitrogen functional groups attached to an aromatic ring is 1. The van der Waals surface area contributed by atoms with Gasteiger partial charge in [-0.05, 0) is 49.2 Å². The first-order valence-corrected chi connectivity index (χ1v) is 10.0. The third-order valence-electron chi connectivity index (χ3n) is 4.22. The van der Waals surface area contributed by atoms with Crippen LogP contribution in [0.5, 0.6) is 0 Å². The van der Waals surface area contributed by atoms with Gasteiger partial charge in [0, 0.05) is 11.6 Å². The monoisotopic (exact) mass is 372 g/mol. The Kier molecular flexibility index (Phi) is 3.73. The van der Waals surface area contributed by atoms with Crippen molar-refractivity contribution in [2.75, 3.05) is 10.0 Å². The fourth-order valence-corrected chi connectivity index (χ4v) is 5.48. The Morgan fingerprint density at radius 3 is 2.60 bits per heavy atom. The number of nitrogens with two attached hydrogens (primary N) is 1. The van der Waals surface area contributed by atoms with E-state index in [1.165, 1.54) is 15.6 Å². The predicted octanol–water partition coefficient (Wildman–Crippen LogP) is 2.93. The zero-order chi connectivity index (χ0) is 17.6. The Labute approximate surface area is 150 Å². The van der Waals surface area contributed by atoms with Gasteiger partial charge in [-0.1, -0.05) is 29.5 Å². The summed E-state index contributed by atoms with van der Waals surface area (Å²) in [4.78, 5) is 0.302. The van der Waals surface area contributed by atoms with Crippen LogP contribution in [0.4, 0.5) is 10.8 Å². The van der Waals surface area contributed by atoms with E-state index in [1.807, 2.05) is 25.1 Å². The van der Waals surface area contributed by atoms with E-state index in [0.29, 0.717) is 16.4 Å². The van der Waals surface area contributed by atoms with Gasteiger partial charge in [-0.25, -0.2) is 8.42 Å². The smallest absolute Gasteiger partial charge is 0.264 e. The maximum absolute atomic E-state index is 13.1. The Balaban J connectivity index is 1.77. The number of aromatic nitrogens is 2. The molecule has 2 aromatic carbocycles. The van der Waals surface area contributed by atoms with Crippen molar-refractivity contribution in [3.05, 3.63) is 54.1 Å². The van der Waals surface area contributed by atoms with Gasteiger partial charge in [0.25, 0.3) is 10.0 Å². The van der Waals surface area contributed by atoms with E-state index in [9.17, 15) is 8.42 Å². The molecule has 1 aromatic heterocycles. The molecular formula is C17H16N4O2S2. The lowest BCUT2D eigenvalue weighted by molar-refractivity contribution is 0.584. The molecule has 0 saturated carbocycles. The summed E-state index contributed by atoms with van der Waals surface area (Å²) in [5, 5.41) is 9.04. The molecule has 1 aliphatic heterocycles. The van der Waals surface area contributed by atoms with Crippen molar-refractivity contribution >= 4 is 32.2 Å². The molecule has 1 aliphatic rings. The number of anilines is 2. The average Bonchev–Trinajstić information content (AvgIpc) is 3.17. The van der Waals surface area contributed by atoms with Crippen molar-refractivity contribution in [1.82, 2.24) is 10.2 Å². The third kappa shape index (κ3) is 2.67. The molecule has 0 aliphatic carbocycles. The van der Waals surface area contributed by atoms with Crippen LogP contribution in [0.2, 0.25) is 0 Å². The molecule has 8 heteroatoms. The molecule has 0 radical (unpaired) electrons. The first kappa shape index (κ1) is 16.0. The van der Waals surface area contributed by atoms with Crippen LogP contribution in [-0.2, 0) is 16.4 Å². The molecule has 3 aromatic rings. The molecule has 2 heterocycles. The Hall–Kier alpha value is -2.45. The van der Waals surface area contributed by atoms with Crippen LogP contribution >= 0.6 is 11.3 Å². The molecule has 1 unspecified atom stereocenters. The largest absolute Gasteiger partial charge is 0.374 e. The molecule has 6 nitrogen and oxygen atoms in total. The normalized spacial score (nSPS) is 16.8. The molecule has 0 amide bonds. The van der Waals surface area contributed by atoms with Crippen LogP contribution in [-0.4, -0.2) is 24.7 Å². The minimum Gasteiger partial charge on any atom is -0.374 e. The first-order chi connectivity index (χ1) is 12.0. The zero-order valence-corrected chi connectivity index (χ0v) is 15.1. The van der Waals surface area contributed by atoms with Crippen molar-refractivity contribution in [3.8, 4) is 10.6 Å². The fourth-order valence-electron chi connectivity index (χ4n) is 3.16. The minimum atomic E-state index is -3.59. The van der Waals surface area contributed by atoms with Crippen molar-refractivity contribution in [2.45, 2.75) is 24.3 Å². The molecule has 25 heavy (non-hydrogen) atoms. The van der Waals surface area contributed by atoms with Crippen LogP contribution < -0.4 is 10.0 Å². The maximum atomic E-state index is 13.1. The molecule has 0 bridgehead atoms.